The van der Waals surface area contributed by atoms with Crippen LogP contribution in [-0.4, -0.2) is 74.8 Å². The standard InChI is InChI=1S/C33H35NO11/c1-33(2)29(42-6)25(35)26(36)32(45-33)43-24-13-10-18-16-22(31(38)44-27(18)28(24)41-5)34-30(37)19-11-12-23(40-4)21(15-19)17-8-7-9-20(14-17)39-3/h7-16,25-26,29,32,35-36H,1-6H3,(H,34,37)/t25-,26+,29+,32?/m0/s1. The summed E-state index contributed by atoms with van der Waals surface area (Å²) in [7, 11) is 5.87. The maximum atomic E-state index is 13.3. The second kappa shape index (κ2) is 12.8. The zero-order valence-electron chi connectivity index (χ0n) is 25.7. The van der Waals surface area contributed by atoms with Gasteiger partial charge in [-0.25, -0.2) is 4.79 Å². The van der Waals surface area contributed by atoms with Gasteiger partial charge in [-0.3, -0.25) is 4.79 Å². The van der Waals surface area contributed by atoms with Crippen molar-refractivity contribution in [1.29, 1.82) is 0 Å². The highest BCUT2D eigenvalue weighted by atomic mass is 16.7. The molecule has 238 valence electrons. The minimum absolute atomic E-state index is 0.0441. The predicted octanol–water partition coefficient (Wildman–Crippen LogP) is 3.99. The van der Waals surface area contributed by atoms with Gasteiger partial charge in [0.15, 0.2) is 11.3 Å². The highest BCUT2D eigenvalue weighted by Gasteiger charge is 2.50. The number of carbonyl (C=O) groups excluding carboxylic acids is 1. The number of rotatable bonds is 9. The van der Waals surface area contributed by atoms with Gasteiger partial charge in [-0.2, -0.15) is 0 Å². The number of amides is 1. The minimum atomic E-state index is -1.45. The van der Waals surface area contributed by atoms with Gasteiger partial charge in [-0.1, -0.05) is 12.1 Å². The summed E-state index contributed by atoms with van der Waals surface area (Å²) in [5.41, 5.74) is -0.166. The van der Waals surface area contributed by atoms with Crippen molar-refractivity contribution in [2.24, 2.45) is 0 Å². The lowest BCUT2D eigenvalue weighted by molar-refractivity contribution is -0.306. The number of hydrogen-bond acceptors (Lipinski definition) is 11. The van der Waals surface area contributed by atoms with Crippen LogP contribution in [0.1, 0.15) is 24.2 Å². The first-order chi connectivity index (χ1) is 21.5. The van der Waals surface area contributed by atoms with Crippen LogP contribution in [0.3, 0.4) is 0 Å². The molecule has 1 aliphatic rings. The van der Waals surface area contributed by atoms with Gasteiger partial charge in [0.05, 0.1) is 26.9 Å². The molecular weight excluding hydrogens is 586 g/mol. The summed E-state index contributed by atoms with van der Waals surface area (Å²) in [5.74, 6) is 0.802. The quantitative estimate of drug-likeness (QED) is 0.232. The highest BCUT2D eigenvalue weighted by Crippen LogP contribution is 2.39. The molecule has 0 aliphatic carbocycles. The van der Waals surface area contributed by atoms with E-state index >= 15 is 0 Å². The molecule has 0 radical (unpaired) electrons. The molecule has 1 unspecified atom stereocenters. The zero-order chi connectivity index (χ0) is 32.5. The second-order valence-corrected chi connectivity index (χ2v) is 10.9. The molecule has 0 saturated carbocycles. The summed E-state index contributed by atoms with van der Waals surface area (Å²) < 4.78 is 39.0. The summed E-state index contributed by atoms with van der Waals surface area (Å²) in [6, 6.07) is 16.8. The maximum absolute atomic E-state index is 13.3. The Morgan fingerprint density at radius 1 is 0.889 bits per heavy atom. The van der Waals surface area contributed by atoms with Gasteiger partial charge in [-0.15, -0.1) is 0 Å². The van der Waals surface area contributed by atoms with Crippen LogP contribution in [0.15, 0.2) is 69.9 Å². The van der Waals surface area contributed by atoms with Gasteiger partial charge in [0.2, 0.25) is 12.0 Å². The van der Waals surface area contributed by atoms with Crippen molar-refractivity contribution in [3.05, 3.63) is 76.6 Å². The van der Waals surface area contributed by atoms with Crippen molar-refractivity contribution in [3.8, 4) is 34.1 Å². The Bertz CT molecular complexity index is 1770. The first-order valence-electron chi connectivity index (χ1n) is 14.0. The SMILES string of the molecule is COc1cccc(-c2cc(C(=O)Nc3cc4ccc(OC5OC(C)(C)[C@H](OC)[C@@H](O)[C@H]5O)c(OC)c4oc3=O)ccc2OC)c1. The average Bonchev–Trinajstić information content (AvgIpc) is 3.03. The fraction of sp³-hybridized carbons (Fsp3) is 0.333. The van der Waals surface area contributed by atoms with E-state index in [0.717, 1.165) is 5.56 Å². The molecule has 1 fully saturated rings. The average molecular weight is 622 g/mol. The van der Waals surface area contributed by atoms with Crippen molar-refractivity contribution in [3.63, 3.8) is 0 Å². The van der Waals surface area contributed by atoms with E-state index in [1.165, 1.54) is 33.5 Å². The van der Waals surface area contributed by atoms with E-state index < -0.39 is 41.7 Å². The summed E-state index contributed by atoms with van der Waals surface area (Å²) in [6.45, 7) is 3.40. The largest absolute Gasteiger partial charge is 0.497 e. The number of benzene rings is 3. The van der Waals surface area contributed by atoms with Crippen LogP contribution in [0.4, 0.5) is 5.69 Å². The first-order valence-corrected chi connectivity index (χ1v) is 14.0. The fourth-order valence-corrected chi connectivity index (χ4v) is 5.40. The maximum Gasteiger partial charge on any atom is 0.360 e. The Hall–Kier alpha value is -4.62. The van der Waals surface area contributed by atoms with Crippen molar-refractivity contribution in [2.75, 3.05) is 33.8 Å². The van der Waals surface area contributed by atoms with Crippen LogP contribution in [0.5, 0.6) is 23.0 Å². The molecule has 1 aromatic heterocycles. The topological polar surface area (TPSA) is 155 Å². The van der Waals surface area contributed by atoms with Crippen LogP contribution in [0.25, 0.3) is 22.1 Å². The molecule has 12 nitrogen and oxygen atoms in total. The van der Waals surface area contributed by atoms with Gasteiger partial charge in [0.25, 0.3) is 5.91 Å². The summed E-state index contributed by atoms with van der Waals surface area (Å²) in [6.07, 6.45) is -4.83. The molecule has 4 aromatic rings. The fourth-order valence-electron chi connectivity index (χ4n) is 5.40. The third-order valence-corrected chi connectivity index (χ3v) is 7.66. The van der Waals surface area contributed by atoms with Crippen LogP contribution >= 0.6 is 0 Å². The van der Waals surface area contributed by atoms with Crippen molar-refractivity contribution < 1.29 is 47.8 Å². The molecular formula is C33H35NO11. The third kappa shape index (κ3) is 6.18. The number of hydrogen-bond donors (Lipinski definition) is 3. The first kappa shape index (κ1) is 31.8. The summed E-state index contributed by atoms with van der Waals surface area (Å²) in [5, 5.41) is 24.3. The number of carbonyl (C=O) groups is 1. The zero-order valence-corrected chi connectivity index (χ0v) is 25.7. The Kier molecular flexibility index (Phi) is 9.03. The summed E-state index contributed by atoms with van der Waals surface area (Å²) >= 11 is 0. The number of aliphatic hydroxyl groups is 2. The molecule has 1 saturated heterocycles. The van der Waals surface area contributed by atoms with E-state index in [2.05, 4.69) is 5.32 Å². The number of methoxy groups -OCH3 is 4. The lowest BCUT2D eigenvalue weighted by atomic mass is 9.89. The molecule has 0 bridgehead atoms. The Balaban J connectivity index is 1.42. The Morgan fingerprint density at radius 2 is 1.64 bits per heavy atom. The molecule has 4 atom stereocenters. The normalized spacial score (nSPS) is 20.8. The van der Waals surface area contributed by atoms with E-state index in [1.54, 1.807) is 45.2 Å². The monoisotopic (exact) mass is 621 g/mol. The van der Waals surface area contributed by atoms with E-state index in [1.807, 2.05) is 24.3 Å². The summed E-state index contributed by atoms with van der Waals surface area (Å²) in [4.78, 5) is 26.3. The number of ether oxygens (including phenoxy) is 6. The predicted molar refractivity (Wildman–Crippen MR) is 164 cm³/mol. The number of nitrogens with one attached hydrogen (secondary N) is 1. The second-order valence-electron chi connectivity index (χ2n) is 10.9. The molecule has 3 aromatic carbocycles. The lowest BCUT2D eigenvalue weighted by Gasteiger charge is -2.46. The molecule has 1 amide bonds. The van der Waals surface area contributed by atoms with Gasteiger partial charge in [0, 0.05) is 23.6 Å². The smallest absolute Gasteiger partial charge is 0.360 e. The van der Waals surface area contributed by atoms with E-state index in [9.17, 15) is 19.8 Å². The minimum Gasteiger partial charge on any atom is -0.497 e. The molecule has 0 spiro atoms. The molecule has 2 heterocycles. The van der Waals surface area contributed by atoms with E-state index in [0.29, 0.717) is 22.4 Å². The molecule has 3 N–H and O–H groups in total. The third-order valence-electron chi connectivity index (χ3n) is 7.66. The Labute approximate surface area is 259 Å². The van der Waals surface area contributed by atoms with E-state index in [-0.39, 0.29) is 28.3 Å². The van der Waals surface area contributed by atoms with Crippen LogP contribution in [0.2, 0.25) is 0 Å². The number of aliphatic hydroxyl groups excluding tert-OH is 2. The van der Waals surface area contributed by atoms with Crippen molar-refractivity contribution >= 4 is 22.6 Å². The molecule has 5 rings (SSSR count). The van der Waals surface area contributed by atoms with Crippen LogP contribution < -0.4 is 29.9 Å². The molecule has 12 heteroatoms. The lowest BCUT2D eigenvalue weighted by Crippen LogP contribution is -2.63. The van der Waals surface area contributed by atoms with Gasteiger partial charge in [-0.05, 0) is 67.9 Å². The van der Waals surface area contributed by atoms with Crippen molar-refractivity contribution in [1.82, 2.24) is 0 Å². The Morgan fingerprint density at radius 3 is 2.33 bits per heavy atom. The van der Waals surface area contributed by atoms with Gasteiger partial charge < -0.3 is 48.4 Å². The molecule has 1 aliphatic heterocycles. The molecule has 45 heavy (non-hydrogen) atoms. The van der Waals surface area contributed by atoms with Gasteiger partial charge in [0.1, 0.15) is 35.5 Å². The highest BCUT2D eigenvalue weighted by molar-refractivity contribution is 6.06. The van der Waals surface area contributed by atoms with Crippen LogP contribution in [-0.2, 0) is 9.47 Å². The number of fused-ring (bicyclic) bond motifs is 1. The van der Waals surface area contributed by atoms with E-state index in [4.69, 9.17) is 32.8 Å². The van der Waals surface area contributed by atoms with Crippen molar-refractivity contribution in [2.45, 2.75) is 44.1 Å². The number of anilines is 1. The van der Waals surface area contributed by atoms with Crippen LogP contribution in [0, 0.1) is 0 Å². The van der Waals surface area contributed by atoms with Gasteiger partial charge >= 0.3 is 5.63 Å².